The Labute approximate surface area is 279 Å². The number of anilines is 1. The van der Waals surface area contributed by atoms with Gasteiger partial charge in [0.1, 0.15) is 12.6 Å². The van der Waals surface area contributed by atoms with Gasteiger partial charge in [-0.05, 0) is 48.0 Å². The number of nitrogens with one attached hydrogen (secondary N) is 1. The molecule has 0 spiro atoms. The van der Waals surface area contributed by atoms with Crippen molar-refractivity contribution in [1.82, 2.24) is 10.2 Å². The second-order valence-electron chi connectivity index (χ2n) is 10.0. The van der Waals surface area contributed by atoms with E-state index in [0.29, 0.717) is 15.9 Å². The van der Waals surface area contributed by atoms with E-state index in [1.165, 1.54) is 43.4 Å². The minimum absolute atomic E-state index is 0.0128. The molecule has 0 bridgehead atoms. The summed E-state index contributed by atoms with van der Waals surface area (Å²) in [4.78, 5) is 28.5. The van der Waals surface area contributed by atoms with Crippen molar-refractivity contribution >= 4 is 62.3 Å². The lowest BCUT2D eigenvalue weighted by Gasteiger charge is -2.34. The number of hydrogen-bond donors (Lipinski definition) is 1. The number of halogens is 6. The van der Waals surface area contributed by atoms with Gasteiger partial charge in [0.15, 0.2) is 0 Å². The van der Waals surface area contributed by atoms with Gasteiger partial charge in [0.05, 0.1) is 21.2 Å². The molecule has 14 heteroatoms. The van der Waals surface area contributed by atoms with Gasteiger partial charge in [-0.3, -0.25) is 13.9 Å². The number of carbonyl (C=O) groups excluding carboxylic acids is 2. The first-order chi connectivity index (χ1) is 21.7. The van der Waals surface area contributed by atoms with Crippen LogP contribution in [0.25, 0.3) is 0 Å². The van der Waals surface area contributed by atoms with Crippen molar-refractivity contribution in [1.29, 1.82) is 0 Å². The molecule has 4 aromatic rings. The van der Waals surface area contributed by atoms with Crippen LogP contribution < -0.4 is 9.62 Å². The van der Waals surface area contributed by atoms with E-state index in [0.717, 1.165) is 17.0 Å². The van der Waals surface area contributed by atoms with E-state index < -0.39 is 56.9 Å². The molecule has 0 aliphatic rings. The summed E-state index contributed by atoms with van der Waals surface area (Å²) in [7, 11) is -3.26. The van der Waals surface area contributed by atoms with Gasteiger partial charge in [-0.2, -0.15) is 13.2 Å². The molecule has 0 aromatic heterocycles. The van der Waals surface area contributed by atoms with Crippen LogP contribution in [0.15, 0.2) is 102 Å². The van der Waals surface area contributed by atoms with Crippen molar-refractivity contribution < 1.29 is 31.2 Å². The van der Waals surface area contributed by atoms with Gasteiger partial charge in [-0.25, -0.2) is 8.42 Å². The van der Waals surface area contributed by atoms with Crippen LogP contribution in [-0.2, 0) is 38.8 Å². The summed E-state index contributed by atoms with van der Waals surface area (Å²) in [5, 5.41) is 2.25. The van der Waals surface area contributed by atoms with Crippen LogP contribution >= 0.6 is 34.8 Å². The lowest BCUT2D eigenvalue weighted by Crippen LogP contribution is -2.53. The van der Waals surface area contributed by atoms with E-state index in [1.54, 1.807) is 42.5 Å². The Bertz CT molecular complexity index is 1790. The van der Waals surface area contributed by atoms with E-state index in [-0.39, 0.29) is 33.5 Å². The summed E-state index contributed by atoms with van der Waals surface area (Å²) in [6.45, 7) is -1.31. The molecule has 2 amide bonds. The van der Waals surface area contributed by atoms with Crippen LogP contribution in [0.3, 0.4) is 0 Å². The highest BCUT2D eigenvalue weighted by Crippen LogP contribution is 2.38. The number of likely N-dealkylation sites (N-methyl/N-ethyl adjacent to an activating group) is 1. The molecule has 0 heterocycles. The molecule has 0 saturated carbocycles. The van der Waals surface area contributed by atoms with E-state index in [1.807, 2.05) is 0 Å². The summed E-state index contributed by atoms with van der Waals surface area (Å²) in [6.07, 6.45) is -4.91. The molecule has 7 nitrogen and oxygen atoms in total. The maximum Gasteiger partial charge on any atom is 0.417 e. The van der Waals surface area contributed by atoms with E-state index >= 15 is 0 Å². The zero-order valence-corrected chi connectivity index (χ0v) is 27.2. The van der Waals surface area contributed by atoms with Gasteiger partial charge in [0, 0.05) is 35.6 Å². The summed E-state index contributed by atoms with van der Waals surface area (Å²) < 4.78 is 70.1. The molecule has 46 heavy (non-hydrogen) atoms. The third kappa shape index (κ3) is 8.14. The fourth-order valence-corrected chi connectivity index (χ4v) is 6.88. The van der Waals surface area contributed by atoms with Crippen molar-refractivity contribution in [2.45, 2.75) is 30.1 Å². The molecular weight excluding hydrogens is 686 g/mol. The Balaban J connectivity index is 1.87. The lowest BCUT2D eigenvalue weighted by molar-refractivity contribution is -0.139. The highest BCUT2D eigenvalue weighted by Gasteiger charge is 2.37. The maximum atomic E-state index is 14.3. The number of hydrogen-bond acceptors (Lipinski definition) is 4. The molecule has 0 saturated heterocycles. The van der Waals surface area contributed by atoms with Crippen LogP contribution in [0.1, 0.15) is 16.7 Å². The molecule has 0 aliphatic carbocycles. The van der Waals surface area contributed by atoms with E-state index in [4.69, 9.17) is 34.8 Å². The largest absolute Gasteiger partial charge is 0.417 e. The van der Waals surface area contributed by atoms with Gasteiger partial charge in [-0.15, -0.1) is 0 Å². The van der Waals surface area contributed by atoms with Crippen molar-refractivity contribution in [3.63, 3.8) is 0 Å². The minimum Gasteiger partial charge on any atom is -0.357 e. The molecule has 1 atom stereocenters. The molecule has 4 rings (SSSR count). The first-order valence-corrected chi connectivity index (χ1v) is 16.2. The molecule has 4 aromatic carbocycles. The molecule has 1 N–H and O–H groups in total. The topological polar surface area (TPSA) is 86.8 Å². The van der Waals surface area contributed by atoms with E-state index in [9.17, 15) is 31.2 Å². The summed E-state index contributed by atoms with van der Waals surface area (Å²) in [5.41, 5.74) is -0.798. The van der Waals surface area contributed by atoms with Crippen molar-refractivity contribution in [2.24, 2.45) is 0 Å². The van der Waals surface area contributed by atoms with Crippen LogP contribution in [-0.4, -0.2) is 44.8 Å². The molecule has 0 fully saturated rings. The predicted octanol–water partition coefficient (Wildman–Crippen LogP) is 7.25. The summed E-state index contributed by atoms with van der Waals surface area (Å²) in [6, 6.07) is 21.7. The SMILES string of the molecule is CNC(=O)C(Cc1ccccc1)N(Cc1c(Cl)cccc1Cl)C(=O)CN(c1ccc(Cl)c(C(F)(F)F)c1)S(=O)(=O)c1ccccc1. The van der Waals surface area contributed by atoms with Crippen molar-refractivity contribution in [2.75, 3.05) is 17.9 Å². The van der Waals surface area contributed by atoms with Crippen LogP contribution in [0.2, 0.25) is 15.1 Å². The highest BCUT2D eigenvalue weighted by atomic mass is 35.5. The first-order valence-electron chi connectivity index (χ1n) is 13.7. The maximum absolute atomic E-state index is 14.3. The number of sulfonamides is 1. The Morgan fingerprint density at radius 3 is 1.98 bits per heavy atom. The van der Waals surface area contributed by atoms with Crippen molar-refractivity contribution in [3.8, 4) is 0 Å². The van der Waals surface area contributed by atoms with Gasteiger partial charge in [0.2, 0.25) is 11.8 Å². The molecular formula is C32H27Cl3F3N3O4S. The standard InChI is InChI=1S/C32H27Cl3F3N3O4S/c1-39-31(43)29(17-21-9-4-2-5-10-21)40(19-24-26(33)13-8-14-27(24)34)30(42)20-41(46(44,45)23-11-6-3-7-12-23)22-15-16-28(35)25(18-22)32(36,37)38/h2-16,18,29H,17,19-20H2,1H3,(H,39,43). The van der Waals surface area contributed by atoms with Crippen LogP contribution in [0.4, 0.5) is 18.9 Å². The Morgan fingerprint density at radius 1 is 0.826 bits per heavy atom. The number of benzene rings is 4. The molecule has 242 valence electrons. The smallest absolute Gasteiger partial charge is 0.357 e. The van der Waals surface area contributed by atoms with Gasteiger partial charge >= 0.3 is 6.18 Å². The number of alkyl halides is 3. The number of carbonyl (C=O) groups is 2. The van der Waals surface area contributed by atoms with E-state index in [2.05, 4.69) is 5.32 Å². The second kappa shape index (κ2) is 14.8. The van der Waals surface area contributed by atoms with Gasteiger partial charge in [0.25, 0.3) is 10.0 Å². The van der Waals surface area contributed by atoms with Gasteiger partial charge < -0.3 is 10.2 Å². The van der Waals surface area contributed by atoms with Gasteiger partial charge in [-0.1, -0.05) is 89.4 Å². The Kier molecular flexibility index (Phi) is 11.3. The second-order valence-corrected chi connectivity index (χ2v) is 13.1. The van der Waals surface area contributed by atoms with Crippen LogP contribution in [0, 0.1) is 0 Å². The highest BCUT2D eigenvalue weighted by molar-refractivity contribution is 7.92. The summed E-state index contributed by atoms with van der Waals surface area (Å²) in [5.74, 6) is -1.49. The Hall–Kier alpha value is -3.77. The normalized spacial score (nSPS) is 12.3. The average Bonchev–Trinajstić information content (AvgIpc) is 3.03. The zero-order valence-electron chi connectivity index (χ0n) is 24.1. The number of nitrogens with zero attached hydrogens (tertiary/aromatic N) is 2. The third-order valence-electron chi connectivity index (χ3n) is 7.06. The first kappa shape index (κ1) is 35.1. The molecule has 1 unspecified atom stereocenters. The zero-order chi connectivity index (χ0) is 33.6. The lowest BCUT2D eigenvalue weighted by atomic mass is 10.0. The number of rotatable bonds is 11. The fraction of sp³-hybridized carbons (Fsp3) is 0.188. The Morgan fingerprint density at radius 2 is 1.41 bits per heavy atom. The fourth-order valence-electron chi connectivity index (χ4n) is 4.71. The van der Waals surface area contributed by atoms with Crippen LogP contribution in [0.5, 0.6) is 0 Å². The molecule has 0 radical (unpaired) electrons. The quantitative estimate of drug-likeness (QED) is 0.178. The average molecular weight is 713 g/mol. The number of amides is 2. The summed E-state index contributed by atoms with van der Waals surface area (Å²) >= 11 is 18.7. The minimum atomic E-state index is -4.92. The van der Waals surface area contributed by atoms with Crippen molar-refractivity contribution in [3.05, 3.63) is 129 Å². The molecule has 0 aliphatic heterocycles. The predicted molar refractivity (Wildman–Crippen MR) is 172 cm³/mol. The third-order valence-corrected chi connectivity index (χ3v) is 9.89. The monoisotopic (exact) mass is 711 g/mol.